The zero-order valence-electron chi connectivity index (χ0n) is 48.8. The van der Waals surface area contributed by atoms with Crippen LogP contribution in [0.5, 0.6) is 69.5 Å². The van der Waals surface area contributed by atoms with Crippen LogP contribution in [0.15, 0.2) is 195 Å². The van der Waals surface area contributed by atoms with E-state index in [2.05, 4.69) is 61.6 Å². The Morgan fingerprint density at radius 3 is 0.936 bits per heavy atom. The molecule has 6 heterocycles. The molecule has 0 bridgehead atoms. The van der Waals surface area contributed by atoms with Crippen LogP contribution in [0.3, 0.4) is 0 Å². The molecule has 28 nitrogen and oxygen atoms in total. The van der Waals surface area contributed by atoms with Gasteiger partial charge in [0.15, 0.2) is 23.0 Å². The maximum Gasteiger partial charge on any atom is 0.373 e. The van der Waals surface area contributed by atoms with E-state index in [9.17, 15) is 8.78 Å². The highest BCUT2D eigenvalue weighted by molar-refractivity contribution is 5.70. The average Bonchev–Trinajstić information content (AvgIpc) is 1.51. The van der Waals surface area contributed by atoms with Crippen LogP contribution in [0.25, 0.3) is 44.5 Å². The topological polar surface area (TPSA) is 377 Å². The van der Waals surface area contributed by atoms with Gasteiger partial charge in [-0.3, -0.25) is 0 Å². The van der Waals surface area contributed by atoms with Gasteiger partial charge in [0.25, 0.3) is 23.5 Å². The Balaban J connectivity index is 0.000000168. The van der Waals surface area contributed by atoms with Gasteiger partial charge in [0.1, 0.15) is 59.4 Å². The van der Waals surface area contributed by atoms with Crippen molar-refractivity contribution < 1.29 is 85.0 Å². The normalized spacial score (nSPS) is 10.3. The van der Waals surface area contributed by atoms with E-state index in [1.807, 2.05) is 146 Å². The van der Waals surface area contributed by atoms with Gasteiger partial charge in [-0.2, -0.15) is 79.6 Å². The molecule has 2 aliphatic rings. The molecule has 472 valence electrons. The molecule has 14 rings (SSSR count). The lowest BCUT2D eigenvalue weighted by atomic mass is 10.0. The predicted molar refractivity (Wildman–Crippen MR) is 315 cm³/mol. The first-order valence-corrected chi connectivity index (χ1v) is 26.7. The molecule has 0 spiro atoms. The van der Waals surface area contributed by atoms with Crippen LogP contribution in [0.2, 0.25) is 0 Å². The summed E-state index contributed by atoms with van der Waals surface area (Å²) in [6.07, 6.45) is 7.01. The van der Waals surface area contributed by atoms with E-state index in [1.165, 1.54) is 36.9 Å². The van der Waals surface area contributed by atoms with Gasteiger partial charge in [-0.05, 0) is 154 Å². The Kier molecular flexibility index (Phi) is 25.7. The lowest BCUT2D eigenvalue weighted by molar-refractivity contribution is -0.193. The number of H-pyrrole nitrogens is 4. The van der Waals surface area contributed by atoms with E-state index in [0.29, 0.717) is 57.6 Å². The van der Waals surface area contributed by atoms with E-state index >= 15 is 0 Å². The number of carbonyl (C=O) groups excluding carboxylic acids is 8. The zero-order chi connectivity index (χ0) is 66.9. The van der Waals surface area contributed by atoms with Crippen molar-refractivity contribution in [3.05, 3.63) is 217 Å². The van der Waals surface area contributed by atoms with Crippen molar-refractivity contribution in [2.24, 2.45) is 0 Å². The van der Waals surface area contributed by atoms with Crippen molar-refractivity contribution in [2.45, 2.75) is 13.8 Å². The molecule has 0 radical (unpaired) electrons. The van der Waals surface area contributed by atoms with Gasteiger partial charge in [-0.15, -0.1) is 20.4 Å². The van der Waals surface area contributed by atoms with Gasteiger partial charge in [0.05, 0.1) is 0 Å². The number of fused-ring (bicyclic) bond motifs is 2. The third kappa shape index (κ3) is 20.6. The Bertz CT molecular complexity index is 4400. The number of aromatic amines is 4. The van der Waals surface area contributed by atoms with Gasteiger partial charge in [-0.25, -0.2) is 8.78 Å². The smallest absolute Gasteiger partial charge is 0.373 e. The first kappa shape index (κ1) is 67.6. The highest BCUT2D eigenvalue weighted by Gasteiger charge is 2.16. The Morgan fingerprint density at radius 2 is 0.606 bits per heavy atom. The van der Waals surface area contributed by atoms with Crippen LogP contribution in [0.1, 0.15) is 11.1 Å². The zero-order valence-corrected chi connectivity index (χ0v) is 48.8. The molecule has 8 aromatic carbocycles. The molecule has 0 saturated carbocycles. The third-order valence-corrected chi connectivity index (χ3v) is 12.3. The lowest BCUT2D eigenvalue weighted by Crippen LogP contribution is -1.92. The summed E-state index contributed by atoms with van der Waals surface area (Å²) in [5, 5.41) is 40.0. The van der Waals surface area contributed by atoms with Crippen LogP contribution < -0.4 is 37.9 Å². The first-order valence-electron chi connectivity index (χ1n) is 26.7. The summed E-state index contributed by atoms with van der Waals surface area (Å²) in [6.45, 7) is 4.04. The van der Waals surface area contributed by atoms with E-state index in [4.69, 9.17) is 76.3 Å². The van der Waals surface area contributed by atoms with Crippen LogP contribution in [-0.4, -0.2) is 99.8 Å². The molecule has 4 N–H and O–H groups in total. The van der Waals surface area contributed by atoms with E-state index in [0.717, 1.165) is 67.5 Å². The van der Waals surface area contributed by atoms with Crippen molar-refractivity contribution in [3.63, 3.8) is 0 Å². The molecule has 0 unspecified atom stereocenters. The van der Waals surface area contributed by atoms with E-state index < -0.39 is 0 Å². The van der Waals surface area contributed by atoms with Crippen LogP contribution in [-0.2, 0) is 38.4 Å². The second kappa shape index (κ2) is 35.8. The van der Waals surface area contributed by atoms with E-state index in [-0.39, 0.29) is 49.8 Å². The van der Waals surface area contributed by atoms with Gasteiger partial charge in [0, 0.05) is 0 Å². The van der Waals surface area contributed by atoms with E-state index in [1.54, 1.807) is 26.0 Å². The van der Waals surface area contributed by atoms with Crippen LogP contribution in [0, 0.1) is 25.5 Å². The van der Waals surface area contributed by atoms with Crippen LogP contribution >= 0.6 is 0 Å². The number of rotatable bonds is 12. The number of nitrogens with one attached hydrogen (secondary N) is 4. The number of hydrogen-bond acceptors (Lipinski definition) is 24. The molecule has 0 saturated heterocycles. The van der Waals surface area contributed by atoms with Crippen molar-refractivity contribution in [1.82, 2.24) is 61.6 Å². The molecular formula is C64H46F2N12O16. The highest BCUT2D eigenvalue weighted by atomic mass is 19.1. The SMILES string of the molecule is Cc1ccc(-c2ccc(Oc3cn[nH]n3)cc2)cc1F.Cc1ccc(-c2cccc(Oc3cn[nH]n3)c2)cc1F.O=C=O.O=C=O.O=C=O.O=C=O.c1cc(-c2ccc3c(c2)OCO3)ccc1Oc1cn[nH]n1.c1cc(Oc2cn[nH]n2)cc(-c2ccc3c(c2)OCO3)c1. The Hall–Kier alpha value is -13.9. The number of nitrogens with zero attached hydrogens (tertiary/aromatic N) is 8. The predicted octanol–water partition coefficient (Wildman–Crippen LogP) is 11.1. The maximum absolute atomic E-state index is 13.6. The molecule has 0 aliphatic carbocycles. The number of ether oxygens (including phenoxy) is 8. The van der Waals surface area contributed by atoms with Crippen molar-refractivity contribution in [2.75, 3.05) is 13.6 Å². The van der Waals surface area contributed by atoms with Crippen molar-refractivity contribution in [3.8, 4) is 114 Å². The number of halogens is 2. The summed E-state index contributed by atoms with van der Waals surface area (Å²) >= 11 is 0. The molecule has 0 fully saturated rings. The third-order valence-electron chi connectivity index (χ3n) is 12.3. The van der Waals surface area contributed by atoms with Gasteiger partial charge < -0.3 is 37.9 Å². The summed E-state index contributed by atoms with van der Waals surface area (Å²) < 4.78 is 70.7. The monoisotopic (exact) mass is 1280 g/mol. The summed E-state index contributed by atoms with van der Waals surface area (Å²) in [4.78, 5) is 65.0. The largest absolute Gasteiger partial charge is 0.454 e. The minimum absolute atomic E-state index is 0.203. The Labute approximate surface area is 528 Å². The minimum Gasteiger partial charge on any atom is -0.454 e. The molecule has 0 amide bonds. The molecule has 30 heteroatoms. The molecule has 4 aromatic heterocycles. The van der Waals surface area contributed by atoms with Crippen LogP contribution in [0.4, 0.5) is 8.78 Å². The second-order valence-electron chi connectivity index (χ2n) is 18.1. The highest BCUT2D eigenvalue weighted by Crippen LogP contribution is 2.38. The minimum atomic E-state index is -0.217. The fourth-order valence-corrected chi connectivity index (χ4v) is 8.05. The quantitative estimate of drug-likeness (QED) is 0.0882. The standard InChI is InChI=1S/2C15H12FN3O.2C15H11N3O3.4CO2/c1-10-2-3-12(8-14(10)16)11-4-6-13(7-5-11)20-15-9-17-19-18-15;1-10-5-6-12(8-14(10)16)11-3-2-4-13(7-11)20-15-9-17-19-18-15;1-4-12(21-15-8-16-18-17-15)5-2-10(1)11-3-6-13-14(7-11)20-9-19-13;1-2-10(6-12(3-1)21-15-8-16-18-17-15)11-4-5-13-14(7-11)20-9-19-13;4*2-1-3/h2*2-9H,1H3,(H,17,18,19);2*1-8H,9H2,(H,16,17,18);;;;. The van der Waals surface area contributed by atoms with Crippen molar-refractivity contribution in [1.29, 1.82) is 0 Å². The van der Waals surface area contributed by atoms with Gasteiger partial charge in [0.2, 0.25) is 13.6 Å². The Morgan fingerprint density at radius 1 is 0.330 bits per heavy atom. The summed E-state index contributed by atoms with van der Waals surface area (Å²) in [5.74, 6) is 6.99. The summed E-state index contributed by atoms with van der Waals surface area (Å²) in [6, 6.07) is 52.3. The molecular weight excluding hydrogens is 1230 g/mol. The number of aryl methyl sites for hydroxylation is 2. The molecule has 0 atom stereocenters. The second-order valence-corrected chi connectivity index (χ2v) is 18.1. The number of aromatic nitrogens is 12. The van der Waals surface area contributed by atoms with Crippen molar-refractivity contribution >= 4 is 24.6 Å². The molecule has 94 heavy (non-hydrogen) atoms. The molecule has 12 aromatic rings. The van der Waals surface area contributed by atoms with Gasteiger partial charge >= 0.3 is 24.6 Å². The number of hydrogen-bond donors (Lipinski definition) is 4. The fourth-order valence-electron chi connectivity index (χ4n) is 8.05. The summed E-state index contributed by atoms with van der Waals surface area (Å²) in [7, 11) is 0. The average molecular weight is 1280 g/mol. The van der Waals surface area contributed by atoms with Gasteiger partial charge in [-0.1, -0.05) is 84.9 Å². The number of benzene rings is 8. The first-order chi connectivity index (χ1) is 45.9. The lowest BCUT2D eigenvalue weighted by Gasteiger charge is -2.06. The molecule has 2 aliphatic heterocycles. The maximum atomic E-state index is 13.6. The summed E-state index contributed by atoms with van der Waals surface area (Å²) in [5.41, 5.74) is 8.90. The fraction of sp³-hybridized carbons (Fsp3) is 0.0625.